The van der Waals surface area contributed by atoms with Gasteiger partial charge in [-0.3, -0.25) is 0 Å². The molecule has 0 fully saturated rings. The van der Waals surface area contributed by atoms with E-state index in [0.717, 1.165) is 27.7 Å². The van der Waals surface area contributed by atoms with Gasteiger partial charge in [-0.05, 0) is 45.8 Å². The number of hydrogen-bond acceptors (Lipinski definition) is 6. The van der Waals surface area contributed by atoms with Crippen molar-refractivity contribution in [2.24, 2.45) is 12.8 Å². The minimum Gasteiger partial charge on any atom is -0.336 e. The lowest BCUT2D eigenvalue weighted by atomic mass is 9.80. The summed E-state index contributed by atoms with van der Waals surface area (Å²) in [5, 5.41) is 13.1. The molecule has 3 aromatic heterocycles. The quantitative estimate of drug-likeness (QED) is 0.507. The number of hydrogen-bond donors (Lipinski definition) is 1. The minimum absolute atomic E-state index is 0.448. The fraction of sp³-hybridized carbons (Fsp3) is 0.105. The molecule has 0 spiro atoms. The fourth-order valence-corrected chi connectivity index (χ4v) is 3.68. The Hall–Kier alpha value is -3.36. The molecule has 0 aliphatic rings. The number of benzene rings is 2. The molecule has 1 atom stereocenters. The molecule has 0 aliphatic carbocycles. The molecule has 1 unspecified atom stereocenters. The zero-order valence-corrected chi connectivity index (χ0v) is 15.6. The first-order chi connectivity index (χ1) is 13.6. The molecular weight excluding hydrogens is 376 g/mol. The van der Waals surface area contributed by atoms with Crippen LogP contribution in [0.1, 0.15) is 16.8 Å². The van der Waals surface area contributed by atoms with Crippen molar-refractivity contribution in [3.05, 3.63) is 83.0 Å². The number of imidazole rings is 1. The number of aromatic nitrogens is 7. The van der Waals surface area contributed by atoms with Crippen LogP contribution in [0.15, 0.2) is 61.2 Å². The van der Waals surface area contributed by atoms with E-state index >= 15 is 0 Å². The summed E-state index contributed by atoms with van der Waals surface area (Å²) in [5.74, 6) is 0.448. The van der Waals surface area contributed by atoms with E-state index < -0.39 is 5.54 Å². The molecule has 2 N–H and O–H groups in total. The Bertz CT molecular complexity index is 1310. The average molecular weight is 391 g/mol. The van der Waals surface area contributed by atoms with Crippen molar-refractivity contribution in [2.45, 2.75) is 5.54 Å². The predicted molar refractivity (Wildman–Crippen MR) is 105 cm³/mol. The van der Waals surface area contributed by atoms with Crippen LogP contribution in [0.4, 0.5) is 0 Å². The van der Waals surface area contributed by atoms with E-state index in [1.54, 1.807) is 23.2 Å². The van der Waals surface area contributed by atoms with Crippen LogP contribution < -0.4 is 5.73 Å². The minimum atomic E-state index is -0.931. The molecule has 0 amide bonds. The zero-order chi connectivity index (χ0) is 19.3. The first-order valence-corrected chi connectivity index (χ1v) is 8.94. The topological polar surface area (TPSA) is 99.8 Å². The molecule has 0 aliphatic heterocycles. The van der Waals surface area contributed by atoms with E-state index in [4.69, 9.17) is 17.3 Å². The summed E-state index contributed by atoms with van der Waals surface area (Å²) in [6, 6.07) is 13.5. The lowest BCUT2D eigenvalue weighted by molar-refractivity contribution is 0.596. The third-order valence-electron chi connectivity index (χ3n) is 5.00. The SMILES string of the molecule is Cn1cncc1C(N)(c1ccc(Cl)cc1)c1ccc2c(cnc3nnnn32)c1. The Labute approximate surface area is 164 Å². The van der Waals surface area contributed by atoms with E-state index in [2.05, 4.69) is 25.5 Å². The second-order valence-corrected chi connectivity index (χ2v) is 7.06. The van der Waals surface area contributed by atoms with Crippen LogP contribution in [0.25, 0.3) is 16.7 Å². The maximum absolute atomic E-state index is 7.07. The maximum Gasteiger partial charge on any atom is 0.273 e. The van der Waals surface area contributed by atoms with Crippen LogP contribution in [0.3, 0.4) is 0 Å². The summed E-state index contributed by atoms with van der Waals surface area (Å²) in [7, 11) is 1.92. The standard InChI is InChI=1S/C19H15ClN8/c1-27-11-22-10-17(27)19(21,13-2-5-15(20)6-3-13)14-4-7-16-12(8-14)9-23-18-24-25-26-28(16)18/h2-11H,21H2,1H3. The number of halogens is 1. The first-order valence-electron chi connectivity index (χ1n) is 8.56. The second kappa shape index (κ2) is 6.08. The van der Waals surface area contributed by atoms with E-state index in [9.17, 15) is 0 Å². The highest BCUT2D eigenvalue weighted by Crippen LogP contribution is 2.35. The largest absolute Gasteiger partial charge is 0.336 e. The molecule has 0 saturated carbocycles. The molecular formula is C19H15ClN8. The smallest absolute Gasteiger partial charge is 0.273 e. The van der Waals surface area contributed by atoms with Gasteiger partial charge in [-0.1, -0.05) is 34.9 Å². The number of nitrogens with zero attached hydrogens (tertiary/aromatic N) is 7. The van der Waals surface area contributed by atoms with Crippen LogP contribution in [0.5, 0.6) is 0 Å². The molecule has 138 valence electrons. The van der Waals surface area contributed by atoms with E-state index in [1.165, 1.54) is 0 Å². The third-order valence-corrected chi connectivity index (χ3v) is 5.26. The van der Waals surface area contributed by atoms with Gasteiger partial charge in [0.25, 0.3) is 5.78 Å². The number of nitrogens with two attached hydrogens (primary N) is 1. The second-order valence-electron chi connectivity index (χ2n) is 6.63. The molecule has 9 heteroatoms. The van der Waals surface area contributed by atoms with Gasteiger partial charge in [0.05, 0.1) is 23.7 Å². The van der Waals surface area contributed by atoms with Gasteiger partial charge in [0.1, 0.15) is 5.54 Å². The van der Waals surface area contributed by atoms with E-state index in [-0.39, 0.29) is 0 Å². The van der Waals surface area contributed by atoms with Crippen LogP contribution in [-0.4, -0.2) is 34.6 Å². The van der Waals surface area contributed by atoms with Gasteiger partial charge in [-0.15, -0.1) is 0 Å². The lowest BCUT2D eigenvalue weighted by Gasteiger charge is -2.31. The highest BCUT2D eigenvalue weighted by atomic mass is 35.5. The molecule has 28 heavy (non-hydrogen) atoms. The van der Waals surface area contributed by atoms with Gasteiger partial charge in [-0.25, -0.2) is 9.97 Å². The Kier molecular flexibility index (Phi) is 3.65. The van der Waals surface area contributed by atoms with Crippen molar-refractivity contribution in [2.75, 3.05) is 0 Å². The Morgan fingerprint density at radius 2 is 1.82 bits per heavy atom. The van der Waals surface area contributed by atoms with Gasteiger partial charge in [0.2, 0.25) is 0 Å². The third kappa shape index (κ3) is 2.39. The number of fused-ring (bicyclic) bond motifs is 3. The van der Waals surface area contributed by atoms with Crippen molar-refractivity contribution < 1.29 is 0 Å². The molecule has 0 saturated heterocycles. The lowest BCUT2D eigenvalue weighted by Crippen LogP contribution is -2.40. The summed E-state index contributed by atoms with van der Waals surface area (Å²) in [4.78, 5) is 8.57. The highest BCUT2D eigenvalue weighted by molar-refractivity contribution is 6.30. The average Bonchev–Trinajstić information content (AvgIpc) is 3.36. The molecule has 3 heterocycles. The van der Waals surface area contributed by atoms with Crippen LogP contribution in [0.2, 0.25) is 5.02 Å². The Balaban J connectivity index is 1.78. The molecule has 0 radical (unpaired) electrons. The summed E-state index contributed by atoms with van der Waals surface area (Å²) in [6.07, 6.45) is 5.26. The molecule has 0 bridgehead atoms. The summed E-state index contributed by atoms with van der Waals surface area (Å²) in [6.45, 7) is 0. The zero-order valence-electron chi connectivity index (χ0n) is 14.9. The molecule has 8 nitrogen and oxygen atoms in total. The van der Waals surface area contributed by atoms with E-state index in [1.807, 2.05) is 54.1 Å². The van der Waals surface area contributed by atoms with Gasteiger partial charge in [0.15, 0.2) is 0 Å². The van der Waals surface area contributed by atoms with Crippen molar-refractivity contribution in [1.82, 2.24) is 34.6 Å². The number of aryl methyl sites for hydroxylation is 1. The summed E-state index contributed by atoms with van der Waals surface area (Å²) < 4.78 is 3.52. The predicted octanol–water partition coefficient (Wildman–Crippen LogP) is 2.31. The van der Waals surface area contributed by atoms with E-state index in [0.29, 0.717) is 10.8 Å². The van der Waals surface area contributed by atoms with Crippen molar-refractivity contribution in [3.63, 3.8) is 0 Å². The highest BCUT2D eigenvalue weighted by Gasteiger charge is 2.35. The Morgan fingerprint density at radius 1 is 1.04 bits per heavy atom. The van der Waals surface area contributed by atoms with Crippen LogP contribution in [0, 0.1) is 0 Å². The molecule has 5 rings (SSSR count). The number of tetrazole rings is 1. The van der Waals surface area contributed by atoms with Crippen molar-refractivity contribution >= 4 is 28.3 Å². The van der Waals surface area contributed by atoms with Crippen molar-refractivity contribution in [3.8, 4) is 0 Å². The molecule has 2 aromatic carbocycles. The normalized spacial score (nSPS) is 13.8. The summed E-state index contributed by atoms with van der Waals surface area (Å²) in [5.41, 5.74) is 9.63. The summed E-state index contributed by atoms with van der Waals surface area (Å²) >= 11 is 6.10. The molecule has 5 aromatic rings. The van der Waals surface area contributed by atoms with Crippen LogP contribution in [-0.2, 0) is 12.6 Å². The number of rotatable bonds is 3. The van der Waals surface area contributed by atoms with Gasteiger partial charge in [0, 0.05) is 23.7 Å². The Morgan fingerprint density at radius 3 is 2.57 bits per heavy atom. The van der Waals surface area contributed by atoms with Gasteiger partial charge in [-0.2, -0.15) is 4.52 Å². The monoisotopic (exact) mass is 390 g/mol. The van der Waals surface area contributed by atoms with Gasteiger partial charge < -0.3 is 10.3 Å². The maximum atomic E-state index is 7.07. The fourth-order valence-electron chi connectivity index (χ4n) is 3.55. The first kappa shape index (κ1) is 16.8. The van der Waals surface area contributed by atoms with Gasteiger partial charge >= 0.3 is 0 Å². The van der Waals surface area contributed by atoms with Crippen molar-refractivity contribution in [1.29, 1.82) is 0 Å². The van der Waals surface area contributed by atoms with Crippen LogP contribution >= 0.6 is 11.6 Å².